The molecule has 28 heavy (non-hydrogen) atoms. The number of alkyl halides is 3. The van der Waals surface area contributed by atoms with Crippen molar-refractivity contribution in [2.24, 2.45) is 0 Å². The maximum absolute atomic E-state index is 12.9. The summed E-state index contributed by atoms with van der Waals surface area (Å²) in [5.74, 6) is 0.237. The molecule has 1 spiro atoms. The summed E-state index contributed by atoms with van der Waals surface area (Å²) in [6.45, 7) is 1.39. The minimum absolute atomic E-state index is 0.0109. The summed E-state index contributed by atoms with van der Waals surface area (Å²) >= 11 is 0. The predicted molar refractivity (Wildman–Crippen MR) is 94.0 cm³/mol. The number of likely N-dealkylation sites (tertiary alicyclic amines) is 1. The van der Waals surface area contributed by atoms with Crippen LogP contribution in [0.2, 0.25) is 0 Å². The van der Waals surface area contributed by atoms with Gasteiger partial charge in [-0.1, -0.05) is 22.4 Å². The summed E-state index contributed by atoms with van der Waals surface area (Å²) in [6, 6.07) is 6.74. The second-order valence-corrected chi connectivity index (χ2v) is 8.83. The van der Waals surface area contributed by atoms with E-state index in [0.29, 0.717) is 31.6 Å². The normalized spacial score (nSPS) is 28.0. The third-order valence-corrected chi connectivity index (χ3v) is 6.41. The Bertz CT molecular complexity index is 940. The number of rotatable bonds is 2. The van der Waals surface area contributed by atoms with Crippen LogP contribution in [0.4, 0.5) is 13.2 Å². The molecule has 2 atom stereocenters. The highest BCUT2D eigenvalue weighted by atomic mass is 32.3. The van der Waals surface area contributed by atoms with Crippen molar-refractivity contribution in [1.29, 1.82) is 0 Å². The quantitative estimate of drug-likeness (QED) is 0.766. The van der Waals surface area contributed by atoms with Gasteiger partial charge in [0.05, 0.1) is 18.3 Å². The summed E-state index contributed by atoms with van der Waals surface area (Å²) in [5, 5.41) is 0. The van der Waals surface area contributed by atoms with Gasteiger partial charge in [0.2, 0.25) is 4.90 Å². The largest absolute Gasteiger partial charge is 0.593 e. The lowest BCUT2D eigenvalue weighted by Crippen LogP contribution is -2.48. The molecule has 6 nitrogen and oxygen atoms in total. The molecular formula is C18H18F3N3O3S. The molecule has 10 heteroatoms. The maximum atomic E-state index is 12.9. The molecule has 2 aliphatic rings. The molecule has 0 bridgehead atoms. The van der Waals surface area contributed by atoms with Crippen molar-refractivity contribution >= 4 is 10.4 Å². The molecule has 1 aromatic carbocycles. The first kappa shape index (κ1) is 19.3. The number of nitrogens with one attached hydrogen (secondary N) is 1. The first-order valence-corrected chi connectivity index (χ1v) is 10.2. The van der Waals surface area contributed by atoms with Gasteiger partial charge in [0.1, 0.15) is 5.60 Å². The Morgan fingerprint density at radius 1 is 1.36 bits per heavy atom. The first-order valence-electron chi connectivity index (χ1n) is 8.68. The van der Waals surface area contributed by atoms with Crippen molar-refractivity contribution in [3.05, 3.63) is 53.9 Å². The number of nitrogens with zero attached hydrogens (tertiary/aromatic N) is 2. The Balaban J connectivity index is 1.52. The molecule has 3 heterocycles. The highest BCUT2D eigenvalue weighted by Gasteiger charge is 2.46. The lowest BCUT2D eigenvalue weighted by atomic mass is 10.0. The number of hydrogen-bond acceptors (Lipinski definition) is 5. The van der Waals surface area contributed by atoms with Gasteiger partial charge >= 0.3 is 6.18 Å². The predicted octanol–water partition coefficient (Wildman–Crippen LogP) is 2.63. The van der Waals surface area contributed by atoms with E-state index in [9.17, 15) is 21.9 Å². The molecule has 2 aromatic rings. The molecule has 0 aliphatic carbocycles. The summed E-state index contributed by atoms with van der Waals surface area (Å²) in [6.07, 6.45) is -1.13. The van der Waals surface area contributed by atoms with E-state index in [0.717, 1.165) is 12.1 Å². The lowest BCUT2D eigenvalue weighted by molar-refractivity contribution is -0.137. The zero-order valence-corrected chi connectivity index (χ0v) is 15.6. The second kappa shape index (κ2) is 6.80. The van der Waals surface area contributed by atoms with E-state index in [1.54, 1.807) is 6.07 Å². The Kier molecular flexibility index (Phi) is 4.69. The van der Waals surface area contributed by atoms with E-state index in [2.05, 4.69) is 9.71 Å². The summed E-state index contributed by atoms with van der Waals surface area (Å²) in [7, 11) is -3.72. The minimum Gasteiger partial charge on any atom is -0.593 e. The standard InChI is InChI=1S/C18H18F3N3O3S/c19-18(20,21)14-3-1-2-13(8-14)10-24-7-5-17(12-24)11-23-28(25,26)16-9-22-6-4-15(16)27-17/h1-4,6,8-9H,5,7,10-12H2,(H-,23,25,26). The van der Waals surface area contributed by atoms with Crippen LogP contribution < -0.4 is 9.46 Å². The van der Waals surface area contributed by atoms with Gasteiger partial charge in [-0.3, -0.25) is 9.88 Å². The average molecular weight is 413 g/mol. The van der Waals surface area contributed by atoms with Crippen LogP contribution in [0.1, 0.15) is 17.5 Å². The van der Waals surface area contributed by atoms with Crippen molar-refractivity contribution in [3.8, 4) is 5.75 Å². The monoisotopic (exact) mass is 413 g/mol. The average Bonchev–Trinajstić information content (AvgIpc) is 2.98. The van der Waals surface area contributed by atoms with Crippen molar-refractivity contribution in [3.63, 3.8) is 0 Å². The van der Waals surface area contributed by atoms with Gasteiger partial charge in [-0.2, -0.15) is 13.2 Å². The van der Waals surface area contributed by atoms with E-state index in [1.165, 1.54) is 24.5 Å². The molecule has 4 rings (SSSR count). The number of fused-ring (bicyclic) bond motifs is 1. The summed E-state index contributed by atoms with van der Waals surface area (Å²) in [4.78, 5) is 5.80. The lowest BCUT2D eigenvalue weighted by Gasteiger charge is -2.28. The molecule has 2 aliphatic heterocycles. The van der Waals surface area contributed by atoms with Crippen molar-refractivity contribution in [2.45, 2.75) is 29.6 Å². The number of sulfonamides is 1. The molecule has 1 fully saturated rings. The van der Waals surface area contributed by atoms with Gasteiger partial charge in [0.25, 0.3) is 0 Å². The zero-order chi connectivity index (χ0) is 20.0. The van der Waals surface area contributed by atoms with Crippen LogP contribution in [0.15, 0.2) is 47.6 Å². The van der Waals surface area contributed by atoms with Crippen LogP contribution in [0, 0.1) is 0 Å². The Morgan fingerprint density at radius 2 is 2.18 bits per heavy atom. The highest BCUT2D eigenvalue weighted by molar-refractivity contribution is 7.95. The molecule has 1 aromatic heterocycles. The topological polar surface area (TPSA) is 77.5 Å². The number of halogens is 3. The fourth-order valence-corrected chi connectivity index (χ4v) is 4.80. The SMILES string of the molecule is O=[S+]1([O-])NCC2(CCN(Cc3cccc(C(F)(F)F)c3)C2)Oc2ccncc21. The van der Waals surface area contributed by atoms with Crippen LogP contribution >= 0.6 is 0 Å². The van der Waals surface area contributed by atoms with Crippen molar-refractivity contribution in [1.82, 2.24) is 14.6 Å². The Hall–Kier alpha value is -2.01. The van der Waals surface area contributed by atoms with Crippen LogP contribution in [-0.4, -0.2) is 39.7 Å². The Labute approximate surface area is 161 Å². The third-order valence-electron chi connectivity index (χ3n) is 5.00. The second-order valence-electron chi connectivity index (χ2n) is 7.09. The van der Waals surface area contributed by atoms with Gasteiger partial charge in [-0.15, -0.1) is 4.72 Å². The molecule has 0 saturated carbocycles. The van der Waals surface area contributed by atoms with Gasteiger partial charge in [-0.25, -0.2) is 0 Å². The minimum atomic E-state index is -4.39. The number of ether oxygens (including phenoxy) is 1. The number of benzene rings is 1. The molecular weight excluding hydrogens is 395 g/mol. The number of hydrogen-bond donors (Lipinski definition) is 1. The first-order chi connectivity index (χ1) is 13.2. The molecule has 1 N–H and O–H groups in total. The Morgan fingerprint density at radius 3 is 2.96 bits per heavy atom. The van der Waals surface area contributed by atoms with Crippen molar-refractivity contribution < 1.29 is 26.7 Å². The summed E-state index contributed by atoms with van der Waals surface area (Å²) in [5.41, 5.74) is -0.911. The van der Waals surface area contributed by atoms with Crippen molar-refractivity contribution in [2.75, 3.05) is 19.6 Å². The summed E-state index contributed by atoms with van der Waals surface area (Å²) < 4.78 is 72.2. The maximum Gasteiger partial charge on any atom is 0.416 e. The fraction of sp³-hybridized carbons (Fsp3) is 0.389. The van der Waals surface area contributed by atoms with Gasteiger partial charge in [-0.05, 0) is 11.6 Å². The molecule has 150 valence electrons. The number of aromatic nitrogens is 1. The fourth-order valence-electron chi connectivity index (χ4n) is 3.62. The van der Waals surface area contributed by atoms with Crippen LogP contribution in [-0.2, 0) is 27.3 Å². The smallest absolute Gasteiger partial charge is 0.416 e. The van der Waals surface area contributed by atoms with Gasteiger partial charge < -0.3 is 9.29 Å². The zero-order valence-electron chi connectivity index (χ0n) is 14.7. The highest BCUT2D eigenvalue weighted by Crippen LogP contribution is 2.36. The van der Waals surface area contributed by atoms with E-state index >= 15 is 0 Å². The van der Waals surface area contributed by atoms with E-state index in [4.69, 9.17) is 4.74 Å². The van der Waals surface area contributed by atoms with Crippen LogP contribution in [0.25, 0.3) is 0 Å². The van der Waals surface area contributed by atoms with Crippen LogP contribution in [0.3, 0.4) is 0 Å². The van der Waals surface area contributed by atoms with Gasteiger partial charge in [0.15, 0.2) is 16.1 Å². The number of pyridine rings is 1. The molecule has 0 radical (unpaired) electrons. The van der Waals surface area contributed by atoms with E-state index < -0.39 is 27.7 Å². The van der Waals surface area contributed by atoms with E-state index in [1.807, 2.05) is 4.90 Å². The third kappa shape index (κ3) is 3.77. The van der Waals surface area contributed by atoms with Gasteiger partial charge in [0, 0.05) is 38.3 Å². The van der Waals surface area contributed by atoms with Crippen LogP contribution in [0.5, 0.6) is 5.75 Å². The molecule has 2 unspecified atom stereocenters. The molecule has 1 saturated heterocycles. The molecule has 0 amide bonds. The van der Waals surface area contributed by atoms with E-state index in [-0.39, 0.29) is 17.2 Å².